The van der Waals surface area contributed by atoms with Gasteiger partial charge in [-0.05, 0) is 12.1 Å². The molecule has 2 atom stereocenters. The zero-order valence-corrected chi connectivity index (χ0v) is 12.7. The van der Waals surface area contributed by atoms with Gasteiger partial charge in [0, 0.05) is 0 Å². The molecule has 0 radical (unpaired) electrons. The van der Waals surface area contributed by atoms with E-state index in [1.165, 1.54) is 7.11 Å². The average Bonchev–Trinajstić information content (AvgIpc) is 2.52. The molecule has 0 aromatic heterocycles. The fourth-order valence-electron chi connectivity index (χ4n) is 1.11. The molecule has 2 unspecified atom stereocenters. The number of carboxylic acids is 2. The molecule has 0 saturated heterocycles. The minimum absolute atomic E-state index is 0.125. The van der Waals surface area contributed by atoms with E-state index >= 15 is 0 Å². The molecule has 0 bridgehead atoms. The highest BCUT2D eigenvalue weighted by atomic mass is 35.5. The zero-order valence-electron chi connectivity index (χ0n) is 12.0. The van der Waals surface area contributed by atoms with Gasteiger partial charge >= 0.3 is 17.9 Å². The minimum atomic E-state index is -2.27. The Morgan fingerprint density at radius 3 is 2.00 bits per heavy atom. The van der Waals surface area contributed by atoms with Crippen molar-refractivity contribution >= 4 is 35.2 Å². The van der Waals surface area contributed by atoms with Crippen LogP contribution < -0.4 is 5.32 Å². The van der Waals surface area contributed by atoms with Crippen molar-refractivity contribution in [3.8, 4) is 0 Å². The number of ether oxygens (including phenoxy) is 1. The highest BCUT2D eigenvalue weighted by Gasteiger charge is 2.29. The number of benzene rings is 1. The highest BCUT2D eigenvalue weighted by Crippen LogP contribution is 2.19. The van der Waals surface area contributed by atoms with Crippen LogP contribution in [0, 0.1) is 0 Å². The van der Waals surface area contributed by atoms with Gasteiger partial charge < -0.3 is 30.5 Å². The van der Waals surface area contributed by atoms with E-state index in [4.69, 9.17) is 32.0 Å². The molecule has 23 heavy (non-hydrogen) atoms. The number of aliphatic carboxylic acids is 2. The summed E-state index contributed by atoms with van der Waals surface area (Å²) in [6.07, 6.45) is -4.53. The predicted octanol–water partition coefficient (Wildman–Crippen LogP) is -0.198. The Balaban J connectivity index is 0.000000438. The molecule has 1 aromatic carbocycles. The number of carbonyl (C=O) groups is 3. The average molecular weight is 350 g/mol. The molecule has 128 valence electrons. The third-order valence-electron chi connectivity index (χ3n) is 2.33. The maximum Gasteiger partial charge on any atom is 0.335 e. The lowest BCUT2D eigenvalue weighted by Gasteiger charge is -2.07. The Hall–Kier alpha value is -2.36. The van der Waals surface area contributed by atoms with Crippen molar-refractivity contribution in [3.63, 3.8) is 0 Å². The molecule has 1 aromatic rings. The molecule has 0 aliphatic carbocycles. The van der Waals surface area contributed by atoms with Gasteiger partial charge in [0.15, 0.2) is 12.2 Å². The van der Waals surface area contributed by atoms with Crippen LogP contribution in [-0.4, -0.2) is 64.2 Å². The minimum Gasteiger partial charge on any atom is -0.479 e. The van der Waals surface area contributed by atoms with Crippen LogP contribution in [-0.2, 0) is 19.1 Å². The number of esters is 1. The number of aliphatic hydroxyl groups excluding tert-OH is 2. The summed E-state index contributed by atoms with van der Waals surface area (Å²) in [5.74, 6) is -3.86. The lowest BCUT2D eigenvalue weighted by atomic mass is 10.2. The van der Waals surface area contributed by atoms with Crippen LogP contribution in [0.2, 0.25) is 5.02 Å². The van der Waals surface area contributed by atoms with Crippen molar-refractivity contribution in [1.29, 1.82) is 0 Å². The predicted molar refractivity (Wildman–Crippen MR) is 79.2 cm³/mol. The molecule has 0 spiro atoms. The lowest BCUT2D eigenvalue weighted by molar-refractivity contribution is -0.165. The third kappa shape index (κ3) is 8.00. The van der Waals surface area contributed by atoms with E-state index in [0.717, 1.165) is 5.69 Å². The molecule has 0 saturated carbocycles. The van der Waals surface area contributed by atoms with Gasteiger partial charge in [0.05, 0.1) is 17.8 Å². The topological polar surface area (TPSA) is 153 Å². The van der Waals surface area contributed by atoms with Gasteiger partial charge in [-0.2, -0.15) is 0 Å². The molecule has 0 aliphatic heterocycles. The van der Waals surface area contributed by atoms with Crippen molar-refractivity contribution < 1.29 is 39.5 Å². The molecular weight excluding hydrogens is 334 g/mol. The lowest BCUT2D eigenvalue weighted by Crippen LogP contribution is -2.39. The van der Waals surface area contributed by atoms with Crippen molar-refractivity contribution in [2.24, 2.45) is 0 Å². The van der Waals surface area contributed by atoms with Gasteiger partial charge in [-0.1, -0.05) is 23.7 Å². The second-order valence-electron chi connectivity index (χ2n) is 3.98. The Labute approximate surface area is 136 Å². The van der Waals surface area contributed by atoms with Crippen LogP contribution >= 0.6 is 11.6 Å². The first-order chi connectivity index (χ1) is 10.7. The summed E-state index contributed by atoms with van der Waals surface area (Å²) in [6, 6.07) is 7.21. The van der Waals surface area contributed by atoms with Crippen molar-refractivity contribution in [1.82, 2.24) is 0 Å². The Kier molecular flexibility index (Phi) is 9.31. The van der Waals surface area contributed by atoms with E-state index in [9.17, 15) is 14.4 Å². The second kappa shape index (κ2) is 10.4. The van der Waals surface area contributed by atoms with E-state index in [0.29, 0.717) is 5.02 Å². The number of carbonyl (C=O) groups excluding carboxylic acids is 1. The quantitative estimate of drug-likeness (QED) is 0.439. The summed E-state index contributed by atoms with van der Waals surface area (Å²) in [5.41, 5.74) is 0.731. The zero-order chi connectivity index (χ0) is 18.0. The van der Waals surface area contributed by atoms with Crippen molar-refractivity contribution in [2.75, 3.05) is 19.0 Å². The Morgan fingerprint density at radius 2 is 1.61 bits per heavy atom. The first-order valence-electron chi connectivity index (χ1n) is 6.07. The molecule has 1 rings (SSSR count). The van der Waals surface area contributed by atoms with Crippen LogP contribution in [0.4, 0.5) is 5.69 Å². The normalized spacial score (nSPS) is 12.2. The van der Waals surface area contributed by atoms with Crippen LogP contribution in [0.1, 0.15) is 0 Å². The van der Waals surface area contributed by atoms with Crippen molar-refractivity contribution in [3.05, 3.63) is 29.3 Å². The number of rotatable bonds is 6. The molecular formula is C13H16ClNO8. The van der Waals surface area contributed by atoms with Gasteiger partial charge in [0.25, 0.3) is 0 Å². The van der Waals surface area contributed by atoms with Gasteiger partial charge in [0.1, 0.15) is 6.54 Å². The highest BCUT2D eigenvalue weighted by molar-refractivity contribution is 6.33. The number of anilines is 1. The number of aliphatic hydroxyl groups is 2. The summed E-state index contributed by atoms with van der Waals surface area (Å²) in [6.45, 7) is 0.125. The van der Waals surface area contributed by atoms with E-state index in [1.54, 1.807) is 12.1 Å². The maximum absolute atomic E-state index is 10.8. The number of para-hydroxylation sites is 1. The summed E-state index contributed by atoms with van der Waals surface area (Å²) in [4.78, 5) is 30.3. The molecule has 0 aliphatic rings. The number of hydrogen-bond donors (Lipinski definition) is 5. The van der Waals surface area contributed by atoms with Gasteiger partial charge in [-0.3, -0.25) is 4.79 Å². The number of nitrogens with one attached hydrogen (secondary N) is 1. The maximum atomic E-state index is 10.8. The van der Waals surface area contributed by atoms with E-state index in [-0.39, 0.29) is 12.5 Å². The van der Waals surface area contributed by atoms with Crippen LogP contribution in [0.3, 0.4) is 0 Å². The fourth-order valence-corrected chi connectivity index (χ4v) is 1.32. The summed E-state index contributed by atoms with van der Waals surface area (Å²) >= 11 is 5.84. The first-order valence-corrected chi connectivity index (χ1v) is 6.45. The second-order valence-corrected chi connectivity index (χ2v) is 4.38. The monoisotopic (exact) mass is 349 g/mol. The fraction of sp³-hybridized carbons (Fsp3) is 0.308. The van der Waals surface area contributed by atoms with Gasteiger partial charge in [-0.25, -0.2) is 9.59 Å². The molecule has 10 heteroatoms. The largest absolute Gasteiger partial charge is 0.479 e. The standard InChI is InChI=1S/C9H10ClNO2.C4H6O6/c1-13-9(12)6-11-8-5-3-2-4-7(8)10;5-1(3(7)8)2(6)4(9)10/h2-5,11H,6H2,1H3;1-2,5-6H,(H,7,8)(H,9,10). The van der Waals surface area contributed by atoms with Gasteiger partial charge in [0.2, 0.25) is 0 Å². The van der Waals surface area contributed by atoms with E-state index in [1.807, 2.05) is 12.1 Å². The van der Waals surface area contributed by atoms with Crippen LogP contribution in [0.5, 0.6) is 0 Å². The third-order valence-corrected chi connectivity index (χ3v) is 2.66. The summed E-state index contributed by atoms with van der Waals surface area (Å²) in [7, 11) is 1.34. The van der Waals surface area contributed by atoms with Crippen LogP contribution in [0.15, 0.2) is 24.3 Å². The van der Waals surface area contributed by atoms with E-state index < -0.39 is 24.1 Å². The number of carboxylic acid groups (broad SMARTS) is 2. The molecule has 0 amide bonds. The first kappa shape index (κ1) is 20.6. The Morgan fingerprint density at radius 1 is 1.13 bits per heavy atom. The van der Waals surface area contributed by atoms with Crippen molar-refractivity contribution in [2.45, 2.75) is 12.2 Å². The number of halogens is 1. The molecule has 0 heterocycles. The Bertz CT molecular complexity index is 533. The molecule has 9 nitrogen and oxygen atoms in total. The molecule has 0 fully saturated rings. The SMILES string of the molecule is COC(=O)CNc1ccccc1Cl.O=C(O)C(O)C(O)C(=O)O. The van der Waals surface area contributed by atoms with Gasteiger partial charge in [-0.15, -0.1) is 0 Å². The van der Waals surface area contributed by atoms with E-state index in [2.05, 4.69) is 10.1 Å². The number of hydrogen-bond acceptors (Lipinski definition) is 7. The summed E-state index contributed by atoms with van der Waals surface area (Å²) < 4.78 is 4.47. The summed E-state index contributed by atoms with van der Waals surface area (Å²) in [5, 5.41) is 36.0. The van der Waals surface area contributed by atoms with Crippen LogP contribution in [0.25, 0.3) is 0 Å². The number of methoxy groups -OCH3 is 1. The molecule has 5 N–H and O–H groups in total. The smallest absolute Gasteiger partial charge is 0.335 e.